The maximum absolute atomic E-state index is 13.5. The molecule has 1 aromatic carbocycles. The van der Waals surface area contributed by atoms with Crippen LogP contribution in [0.3, 0.4) is 0 Å². The lowest BCUT2D eigenvalue weighted by atomic mass is 10.2. The van der Waals surface area contributed by atoms with Gasteiger partial charge in [-0.25, -0.2) is 14.1 Å². The van der Waals surface area contributed by atoms with Crippen LogP contribution in [-0.2, 0) is 13.2 Å². The molecule has 2 rings (SSSR count). The monoisotopic (exact) mass is 327 g/mol. The van der Waals surface area contributed by atoms with E-state index >= 15 is 0 Å². The van der Waals surface area contributed by atoms with E-state index in [-0.39, 0.29) is 12.4 Å². The lowest BCUT2D eigenvalue weighted by Gasteiger charge is -2.10. The van der Waals surface area contributed by atoms with Crippen molar-refractivity contribution in [3.63, 3.8) is 0 Å². The van der Waals surface area contributed by atoms with E-state index in [0.717, 1.165) is 11.0 Å². The van der Waals surface area contributed by atoms with Crippen molar-refractivity contribution < 1.29 is 9.13 Å². The van der Waals surface area contributed by atoms with E-state index in [9.17, 15) is 4.39 Å². The maximum atomic E-state index is 13.5. The van der Waals surface area contributed by atoms with Crippen LogP contribution in [-0.4, -0.2) is 14.8 Å². The molecule has 0 atom stereocenters. The highest BCUT2D eigenvalue weighted by molar-refractivity contribution is 9.10. The average Bonchev–Trinajstić information content (AvgIpc) is 2.77. The Labute approximate surface area is 119 Å². The number of ether oxygens (including phenoxy) is 1. The van der Waals surface area contributed by atoms with Crippen molar-refractivity contribution in [1.29, 1.82) is 0 Å². The first kappa shape index (κ1) is 14.0. The predicted octanol–water partition coefficient (Wildman–Crippen LogP) is 3.41. The largest absolute Gasteiger partial charge is 0.483 e. The molecule has 0 aliphatic rings. The molecule has 2 aromatic rings. The fourth-order valence-corrected chi connectivity index (χ4v) is 1.97. The van der Waals surface area contributed by atoms with Gasteiger partial charge in [0, 0.05) is 11.0 Å². The van der Waals surface area contributed by atoms with Crippen molar-refractivity contribution >= 4 is 15.9 Å². The zero-order valence-electron chi connectivity index (χ0n) is 10.8. The Morgan fingerprint density at radius 2 is 2.21 bits per heavy atom. The minimum absolute atomic E-state index is 0.195. The Bertz CT molecular complexity index is 557. The third kappa shape index (κ3) is 3.76. The van der Waals surface area contributed by atoms with E-state index in [1.54, 1.807) is 16.8 Å². The van der Waals surface area contributed by atoms with Crippen LogP contribution in [0.1, 0.15) is 19.7 Å². The van der Waals surface area contributed by atoms with Crippen molar-refractivity contribution in [3.05, 3.63) is 40.6 Å². The first-order valence-corrected chi connectivity index (χ1v) is 6.80. The molecule has 0 saturated carbocycles. The SMILES string of the molecule is CC(C)Cn1ncnc1COc1cc(Br)ccc1F. The van der Waals surface area contributed by atoms with Gasteiger partial charge in [0.1, 0.15) is 12.9 Å². The molecule has 6 heteroatoms. The Kier molecular flexibility index (Phi) is 4.52. The van der Waals surface area contributed by atoms with Crippen molar-refractivity contribution in [2.24, 2.45) is 5.92 Å². The molecule has 0 aliphatic carbocycles. The molecule has 0 spiro atoms. The van der Waals surface area contributed by atoms with Crippen LogP contribution in [0.25, 0.3) is 0 Å². The molecule has 0 N–H and O–H groups in total. The minimum Gasteiger partial charge on any atom is -0.483 e. The molecular weight excluding hydrogens is 313 g/mol. The predicted molar refractivity (Wildman–Crippen MR) is 73.3 cm³/mol. The summed E-state index contributed by atoms with van der Waals surface area (Å²) in [5.74, 6) is 0.961. The summed E-state index contributed by atoms with van der Waals surface area (Å²) in [6.07, 6.45) is 1.48. The molecule has 0 radical (unpaired) electrons. The number of hydrogen-bond acceptors (Lipinski definition) is 3. The van der Waals surface area contributed by atoms with Gasteiger partial charge in [0.15, 0.2) is 17.4 Å². The third-order valence-corrected chi connectivity index (χ3v) is 2.98. The number of rotatable bonds is 5. The van der Waals surface area contributed by atoms with Gasteiger partial charge in [-0.3, -0.25) is 0 Å². The normalized spacial score (nSPS) is 11.0. The quantitative estimate of drug-likeness (QED) is 0.844. The highest BCUT2D eigenvalue weighted by atomic mass is 79.9. The first-order chi connectivity index (χ1) is 9.06. The van der Waals surface area contributed by atoms with Crippen molar-refractivity contribution in [2.75, 3.05) is 0 Å². The second-order valence-electron chi connectivity index (χ2n) is 4.62. The zero-order valence-corrected chi connectivity index (χ0v) is 12.4. The van der Waals surface area contributed by atoms with Crippen LogP contribution in [0.15, 0.2) is 29.0 Å². The summed E-state index contributed by atoms with van der Waals surface area (Å²) in [4.78, 5) is 4.13. The average molecular weight is 328 g/mol. The maximum Gasteiger partial charge on any atom is 0.165 e. The number of aromatic nitrogens is 3. The summed E-state index contributed by atoms with van der Waals surface area (Å²) in [7, 11) is 0. The molecule has 4 nitrogen and oxygen atoms in total. The molecule has 0 fully saturated rings. The van der Waals surface area contributed by atoms with Gasteiger partial charge in [-0.1, -0.05) is 29.8 Å². The van der Waals surface area contributed by atoms with E-state index in [0.29, 0.717) is 11.7 Å². The van der Waals surface area contributed by atoms with E-state index < -0.39 is 5.82 Å². The Morgan fingerprint density at radius 1 is 1.42 bits per heavy atom. The van der Waals surface area contributed by atoms with Crippen LogP contribution in [0.5, 0.6) is 5.75 Å². The number of benzene rings is 1. The summed E-state index contributed by atoms with van der Waals surface area (Å²) in [6, 6.07) is 4.58. The van der Waals surface area contributed by atoms with Gasteiger partial charge in [0.05, 0.1) is 0 Å². The number of hydrogen-bond donors (Lipinski definition) is 0. The third-order valence-electron chi connectivity index (χ3n) is 2.48. The van der Waals surface area contributed by atoms with Crippen LogP contribution in [0, 0.1) is 11.7 Å². The fourth-order valence-electron chi connectivity index (χ4n) is 1.63. The van der Waals surface area contributed by atoms with Gasteiger partial charge in [-0.2, -0.15) is 5.10 Å². The highest BCUT2D eigenvalue weighted by Gasteiger charge is 2.09. The standard InChI is InChI=1S/C13H15BrFN3O/c1-9(2)6-18-13(16-8-17-18)7-19-12-5-10(14)3-4-11(12)15/h3-5,8-9H,6-7H2,1-2H3. The van der Waals surface area contributed by atoms with E-state index in [4.69, 9.17) is 4.74 Å². The van der Waals surface area contributed by atoms with Gasteiger partial charge >= 0.3 is 0 Å². The summed E-state index contributed by atoms with van der Waals surface area (Å²) < 4.78 is 21.5. The van der Waals surface area contributed by atoms with Crippen molar-refractivity contribution in [3.8, 4) is 5.75 Å². The molecule has 0 amide bonds. The molecular formula is C13H15BrFN3O. The molecule has 1 aromatic heterocycles. The number of halogens is 2. The summed E-state index contributed by atoms with van der Waals surface area (Å²) in [6.45, 7) is 5.15. The molecule has 19 heavy (non-hydrogen) atoms. The molecule has 1 heterocycles. The summed E-state index contributed by atoms with van der Waals surface area (Å²) in [5.41, 5.74) is 0. The van der Waals surface area contributed by atoms with Gasteiger partial charge in [0.25, 0.3) is 0 Å². The fraction of sp³-hybridized carbons (Fsp3) is 0.385. The lowest BCUT2D eigenvalue weighted by molar-refractivity contribution is 0.269. The molecule has 0 bridgehead atoms. The zero-order chi connectivity index (χ0) is 13.8. The topological polar surface area (TPSA) is 39.9 Å². The van der Waals surface area contributed by atoms with E-state index in [2.05, 4.69) is 39.9 Å². The molecule has 0 saturated heterocycles. The Hall–Kier alpha value is -1.43. The number of nitrogens with zero attached hydrogens (tertiary/aromatic N) is 3. The highest BCUT2D eigenvalue weighted by Crippen LogP contribution is 2.22. The minimum atomic E-state index is -0.391. The molecule has 0 unspecified atom stereocenters. The lowest BCUT2D eigenvalue weighted by Crippen LogP contribution is -2.12. The smallest absolute Gasteiger partial charge is 0.165 e. The Balaban J connectivity index is 2.06. The van der Waals surface area contributed by atoms with Crippen LogP contribution >= 0.6 is 15.9 Å². The van der Waals surface area contributed by atoms with Crippen molar-refractivity contribution in [1.82, 2.24) is 14.8 Å². The van der Waals surface area contributed by atoms with Crippen LogP contribution in [0.4, 0.5) is 4.39 Å². The van der Waals surface area contributed by atoms with E-state index in [1.807, 2.05) is 0 Å². The summed E-state index contributed by atoms with van der Waals surface area (Å²) in [5, 5.41) is 4.13. The van der Waals surface area contributed by atoms with E-state index in [1.165, 1.54) is 12.4 Å². The van der Waals surface area contributed by atoms with Gasteiger partial charge in [-0.05, 0) is 24.1 Å². The van der Waals surface area contributed by atoms with Crippen LogP contribution < -0.4 is 4.74 Å². The first-order valence-electron chi connectivity index (χ1n) is 6.01. The van der Waals surface area contributed by atoms with Gasteiger partial charge in [0.2, 0.25) is 0 Å². The molecule has 102 valence electrons. The van der Waals surface area contributed by atoms with Gasteiger partial charge in [-0.15, -0.1) is 0 Å². The molecule has 0 aliphatic heterocycles. The van der Waals surface area contributed by atoms with Crippen LogP contribution in [0.2, 0.25) is 0 Å². The summed E-state index contributed by atoms with van der Waals surface area (Å²) >= 11 is 3.28. The second kappa shape index (κ2) is 6.14. The Morgan fingerprint density at radius 3 is 2.95 bits per heavy atom. The second-order valence-corrected chi connectivity index (χ2v) is 5.53. The van der Waals surface area contributed by atoms with Crippen molar-refractivity contribution in [2.45, 2.75) is 27.0 Å². The van der Waals surface area contributed by atoms with Gasteiger partial charge < -0.3 is 4.74 Å².